The Morgan fingerprint density at radius 2 is 1.44 bits per heavy atom. The van der Waals surface area contributed by atoms with Crippen molar-refractivity contribution in [3.05, 3.63) is 71.2 Å². The summed E-state index contributed by atoms with van der Waals surface area (Å²) in [6.45, 7) is 5.27. The van der Waals surface area contributed by atoms with Crippen LogP contribution in [0.25, 0.3) is 0 Å². The fourth-order valence-corrected chi connectivity index (χ4v) is 5.99. The number of rotatable bonds is 15. The van der Waals surface area contributed by atoms with Crippen molar-refractivity contribution in [2.24, 2.45) is 5.92 Å². The molecule has 3 aromatic rings. The van der Waals surface area contributed by atoms with Crippen molar-refractivity contribution in [2.45, 2.75) is 38.3 Å². The van der Waals surface area contributed by atoms with E-state index in [1.54, 1.807) is 43.3 Å². The van der Waals surface area contributed by atoms with Crippen LogP contribution in [-0.4, -0.2) is 72.7 Å². The van der Waals surface area contributed by atoms with Crippen LogP contribution in [0.2, 0.25) is 5.02 Å². The molecule has 0 saturated carbocycles. The molecule has 0 aliphatic heterocycles. The van der Waals surface area contributed by atoms with E-state index in [0.717, 1.165) is 4.31 Å². The molecule has 3 aromatic carbocycles. The summed E-state index contributed by atoms with van der Waals surface area (Å²) in [6.07, 6.45) is 0. The highest BCUT2D eigenvalue weighted by atomic mass is 35.5. The molecule has 0 spiro atoms. The van der Waals surface area contributed by atoms with Gasteiger partial charge in [-0.2, -0.15) is 0 Å². The molecule has 45 heavy (non-hydrogen) atoms. The van der Waals surface area contributed by atoms with Crippen LogP contribution in [0.4, 0.5) is 5.69 Å². The Labute approximate surface area is 270 Å². The first kappa shape index (κ1) is 35.3. The van der Waals surface area contributed by atoms with Crippen molar-refractivity contribution in [3.8, 4) is 23.0 Å². The number of methoxy groups -OCH3 is 4. The van der Waals surface area contributed by atoms with E-state index >= 15 is 0 Å². The molecule has 0 heterocycles. The number of hydrogen-bond donors (Lipinski definition) is 1. The standard InChI is InChI=1S/C32H40ClN3O8S/c1-21(2)18-34-32(38)22(3)35(19-23-8-10-24(33)11-9-23)31(37)20-36(27-16-25(41-4)12-14-28(27)42-5)45(39,40)26-13-15-29(43-6)30(17-26)44-7/h8-17,21-22H,18-20H2,1-7H3,(H,34,38)/t22-/m1/s1. The summed E-state index contributed by atoms with van der Waals surface area (Å²) in [6, 6.07) is 14.6. The number of nitrogens with zero attached hydrogens (tertiary/aromatic N) is 2. The maximum atomic E-state index is 14.4. The number of benzene rings is 3. The molecule has 0 aromatic heterocycles. The maximum Gasteiger partial charge on any atom is 0.265 e. The third-order valence-electron chi connectivity index (χ3n) is 6.99. The number of anilines is 1. The zero-order valence-electron chi connectivity index (χ0n) is 26.5. The molecule has 2 amide bonds. The van der Waals surface area contributed by atoms with Gasteiger partial charge in [-0.15, -0.1) is 0 Å². The van der Waals surface area contributed by atoms with Crippen molar-refractivity contribution in [2.75, 3.05) is 45.8 Å². The minimum atomic E-state index is -4.45. The fraction of sp³-hybridized carbons (Fsp3) is 0.375. The summed E-state index contributed by atoms with van der Waals surface area (Å²) in [5, 5.41) is 3.37. The third kappa shape index (κ3) is 8.73. The normalized spacial score (nSPS) is 11.8. The molecule has 0 saturated heterocycles. The molecule has 3 rings (SSSR count). The van der Waals surface area contributed by atoms with E-state index in [4.69, 9.17) is 30.5 Å². The maximum absolute atomic E-state index is 14.4. The lowest BCUT2D eigenvalue weighted by molar-refractivity contribution is -0.139. The van der Waals surface area contributed by atoms with Gasteiger partial charge in [0.05, 0.1) is 39.0 Å². The van der Waals surface area contributed by atoms with Gasteiger partial charge in [0.15, 0.2) is 11.5 Å². The van der Waals surface area contributed by atoms with Gasteiger partial charge >= 0.3 is 0 Å². The molecule has 0 bridgehead atoms. The van der Waals surface area contributed by atoms with Crippen LogP contribution in [-0.2, 0) is 26.2 Å². The molecule has 244 valence electrons. The number of sulfonamides is 1. The van der Waals surface area contributed by atoms with Crippen molar-refractivity contribution in [1.82, 2.24) is 10.2 Å². The molecule has 0 radical (unpaired) electrons. The summed E-state index contributed by atoms with van der Waals surface area (Å²) < 4.78 is 51.2. The average Bonchev–Trinajstić information content (AvgIpc) is 3.04. The zero-order valence-corrected chi connectivity index (χ0v) is 28.1. The second-order valence-corrected chi connectivity index (χ2v) is 12.8. The number of carbonyl (C=O) groups excluding carboxylic acids is 2. The van der Waals surface area contributed by atoms with Gasteiger partial charge in [0.2, 0.25) is 11.8 Å². The second kappa shape index (κ2) is 15.7. The smallest absolute Gasteiger partial charge is 0.265 e. The predicted molar refractivity (Wildman–Crippen MR) is 173 cm³/mol. The average molecular weight is 662 g/mol. The van der Waals surface area contributed by atoms with Crippen LogP contribution < -0.4 is 28.6 Å². The van der Waals surface area contributed by atoms with Gasteiger partial charge < -0.3 is 29.2 Å². The molecule has 11 nitrogen and oxygen atoms in total. The minimum absolute atomic E-state index is 0.0196. The molecule has 0 unspecified atom stereocenters. The van der Waals surface area contributed by atoms with E-state index in [0.29, 0.717) is 28.6 Å². The van der Waals surface area contributed by atoms with Crippen molar-refractivity contribution in [1.29, 1.82) is 0 Å². The molecular formula is C32H40ClN3O8S. The van der Waals surface area contributed by atoms with Crippen LogP contribution in [0.5, 0.6) is 23.0 Å². The van der Waals surface area contributed by atoms with Gasteiger partial charge in [-0.1, -0.05) is 37.6 Å². The van der Waals surface area contributed by atoms with Crippen molar-refractivity contribution < 1.29 is 37.0 Å². The van der Waals surface area contributed by atoms with Crippen molar-refractivity contribution >= 4 is 39.1 Å². The summed E-state index contributed by atoms with van der Waals surface area (Å²) >= 11 is 6.08. The number of ether oxygens (including phenoxy) is 4. The van der Waals surface area contributed by atoms with Gasteiger partial charge in [0, 0.05) is 30.2 Å². The molecule has 0 aliphatic carbocycles. The first-order valence-corrected chi connectivity index (χ1v) is 16.0. The quantitative estimate of drug-likeness (QED) is 0.247. The van der Waals surface area contributed by atoms with Gasteiger partial charge in [-0.05, 0) is 54.8 Å². The Hall–Kier alpha value is -4.16. The van der Waals surface area contributed by atoms with Crippen LogP contribution in [0.15, 0.2) is 65.6 Å². The van der Waals surface area contributed by atoms with E-state index in [2.05, 4.69) is 5.32 Å². The van der Waals surface area contributed by atoms with E-state index in [-0.39, 0.29) is 40.5 Å². The van der Waals surface area contributed by atoms with Gasteiger partial charge in [0.1, 0.15) is 24.1 Å². The Morgan fingerprint density at radius 3 is 2.02 bits per heavy atom. The largest absolute Gasteiger partial charge is 0.497 e. The van der Waals surface area contributed by atoms with Gasteiger partial charge in [-0.3, -0.25) is 13.9 Å². The first-order chi connectivity index (χ1) is 21.4. The Kier molecular flexibility index (Phi) is 12.3. The molecular weight excluding hydrogens is 622 g/mol. The first-order valence-electron chi connectivity index (χ1n) is 14.1. The Morgan fingerprint density at radius 1 is 0.822 bits per heavy atom. The summed E-state index contributed by atoms with van der Waals surface area (Å²) in [7, 11) is 1.21. The molecule has 1 atom stereocenters. The molecule has 1 N–H and O–H groups in total. The van der Waals surface area contributed by atoms with E-state index < -0.39 is 28.5 Å². The third-order valence-corrected chi connectivity index (χ3v) is 9.00. The highest BCUT2D eigenvalue weighted by Crippen LogP contribution is 2.37. The molecule has 0 aliphatic rings. The van der Waals surface area contributed by atoms with Crippen LogP contribution >= 0.6 is 11.6 Å². The van der Waals surface area contributed by atoms with E-state index in [1.165, 1.54) is 57.6 Å². The number of carbonyl (C=O) groups is 2. The topological polar surface area (TPSA) is 124 Å². The van der Waals surface area contributed by atoms with Crippen LogP contribution in [0.1, 0.15) is 26.3 Å². The van der Waals surface area contributed by atoms with E-state index in [1.807, 2.05) is 13.8 Å². The summed E-state index contributed by atoms with van der Waals surface area (Å²) in [5.74, 6) is 0.204. The Balaban J connectivity index is 2.15. The minimum Gasteiger partial charge on any atom is -0.497 e. The summed E-state index contributed by atoms with van der Waals surface area (Å²) in [5.41, 5.74) is 0.757. The molecule has 13 heteroatoms. The van der Waals surface area contributed by atoms with Crippen LogP contribution in [0, 0.1) is 5.92 Å². The fourth-order valence-electron chi connectivity index (χ4n) is 4.43. The predicted octanol–water partition coefficient (Wildman–Crippen LogP) is 4.76. The lowest BCUT2D eigenvalue weighted by Crippen LogP contribution is -2.51. The highest BCUT2D eigenvalue weighted by Gasteiger charge is 2.34. The van der Waals surface area contributed by atoms with Gasteiger partial charge in [-0.25, -0.2) is 8.42 Å². The number of amides is 2. The lowest BCUT2D eigenvalue weighted by atomic mass is 10.1. The molecule has 0 fully saturated rings. The SMILES string of the molecule is COc1ccc(OC)c(N(CC(=O)N(Cc2ccc(Cl)cc2)[C@H](C)C(=O)NCC(C)C)S(=O)(=O)c2ccc(OC)c(OC)c2)c1. The van der Waals surface area contributed by atoms with Crippen LogP contribution in [0.3, 0.4) is 0 Å². The lowest BCUT2D eigenvalue weighted by Gasteiger charge is -2.32. The van der Waals surface area contributed by atoms with E-state index in [9.17, 15) is 18.0 Å². The summed E-state index contributed by atoms with van der Waals surface area (Å²) in [4.78, 5) is 28.6. The number of halogens is 1. The van der Waals surface area contributed by atoms with Crippen molar-refractivity contribution in [3.63, 3.8) is 0 Å². The van der Waals surface area contributed by atoms with Gasteiger partial charge in [0.25, 0.3) is 10.0 Å². The highest BCUT2D eigenvalue weighted by molar-refractivity contribution is 7.92. The number of hydrogen-bond acceptors (Lipinski definition) is 8. The zero-order chi connectivity index (χ0) is 33.3. The second-order valence-electron chi connectivity index (χ2n) is 10.5. The monoisotopic (exact) mass is 661 g/mol. The Bertz CT molecular complexity index is 1580. The number of nitrogens with one attached hydrogen (secondary N) is 1.